The highest BCUT2D eigenvalue weighted by Crippen LogP contribution is 2.32. The average molecular weight is 479 g/mol. The maximum Gasteiger partial charge on any atom is 0.416 e. The van der Waals surface area contributed by atoms with Gasteiger partial charge in [0.2, 0.25) is 11.8 Å². The molecular formula is C23H29F3N6O2. The molecule has 0 spiro atoms. The molecule has 0 atom stereocenters. The van der Waals surface area contributed by atoms with Crippen molar-refractivity contribution in [3.8, 4) is 0 Å². The standard InChI is InChI=1S/C23H29F3N6O2/c1-14(33)27-9-15-2-5-18(6-3-15)32-11-17(12-32)31-21(34)10-28-22-19-8-16(23(24,25)26)4-7-20(19)29-13-30-22/h4,7-8,13,15,17-18H,2-3,5-6,9-12H2,1H3,(H,27,33)(H,31,34)(H,28,29,30). The van der Waals surface area contributed by atoms with Crippen LogP contribution in [0.25, 0.3) is 10.9 Å². The second kappa shape index (κ2) is 10.1. The normalized spacial score (nSPS) is 21.6. The van der Waals surface area contributed by atoms with Gasteiger partial charge >= 0.3 is 6.18 Å². The largest absolute Gasteiger partial charge is 0.416 e. The second-order valence-electron chi connectivity index (χ2n) is 9.14. The quantitative estimate of drug-likeness (QED) is 0.566. The number of benzene rings is 1. The van der Waals surface area contributed by atoms with Gasteiger partial charge in [-0.3, -0.25) is 14.5 Å². The number of aromatic nitrogens is 2. The van der Waals surface area contributed by atoms with Gasteiger partial charge in [0.25, 0.3) is 0 Å². The molecule has 2 amide bonds. The third-order valence-corrected chi connectivity index (χ3v) is 6.63. The first-order chi connectivity index (χ1) is 16.2. The van der Waals surface area contributed by atoms with E-state index in [1.165, 1.54) is 19.3 Å². The number of carbonyl (C=O) groups excluding carboxylic acids is 2. The molecule has 1 aromatic heterocycles. The Balaban J connectivity index is 1.22. The van der Waals surface area contributed by atoms with Gasteiger partial charge in [-0.15, -0.1) is 0 Å². The van der Waals surface area contributed by atoms with E-state index in [9.17, 15) is 22.8 Å². The summed E-state index contributed by atoms with van der Waals surface area (Å²) in [6, 6.07) is 3.83. The van der Waals surface area contributed by atoms with E-state index in [2.05, 4.69) is 30.8 Å². The Morgan fingerprint density at radius 3 is 2.53 bits per heavy atom. The molecule has 0 unspecified atom stereocenters. The zero-order valence-electron chi connectivity index (χ0n) is 19.0. The smallest absolute Gasteiger partial charge is 0.360 e. The number of hydrogen-bond donors (Lipinski definition) is 3. The first-order valence-electron chi connectivity index (χ1n) is 11.5. The summed E-state index contributed by atoms with van der Waals surface area (Å²) in [6.07, 6.45) is 1.14. The summed E-state index contributed by atoms with van der Waals surface area (Å²) >= 11 is 0. The van der Waals surface area contributed by atoms with Crippen LogP contribution in [0.5, 0.6) is 0 Å². The summed E-state index contributed by atoms with van der Waals surface area (Å²) in [4.78, 5) is 33.8. The van der Waals surface area contributed by atoms with Crippen molar-refractivity contribution in [2.45, 2.75) is 50.9 Å². The minimum Gasteiger partial charge on any atom is -0.360 e. The number of alkyl halides is 3. The molecule has 2 heterocycles. The third-order valence-electron chi connectivity index (χ3n) is 6.63. The summed E-state index contributed by atoms with van der Waals surface area (Å²) in [5.74, 6) is 0.505. The van der Waals surface area contributed by atoms with E-state index in [4.69, 9.17) is 0 Å². The lowest BCUT2D eigenvalue weighted by Gasteiger charge is -2.46. The summed E-state index contributed by atoms with van der Waals surface area (Å²) in [7, 11) is 0. The van der Waals surface area contributed by atoms with Crippen LogP contribution in [-0.2, 0) is 15.8 Å². The molecule has 8 nitrogen and oxygen atoms in total. The van der Waals surface area contributed by atoms with Crippen molar-refractivity contribution in [1.29, 1.82) is 0 Å². The van der Waals surface area contributed by atoms with Crippen LogP contribution in [0.4, 0.5) is 19.0 Å². The highest BCUT2D eigenvalue weighted by Gasteiger charge is 2.35. The Kier molecular flexibility index (Phi) is 7.20. The number of likely N-dealkylation sites (tertiary alicyclic amines) is 1. The summed E-state index contributed by atoms with van der Waals surface area (Å²) < 4.78 is 39.2. The predicted molar refractivity (Wildman–Crippen MR) is 121 cm³/mol. The molecule has 0 bridgehead atoms. The van der Waals surface area contributed by atoms with Gasteiger partial charge in [-0.1, -0.05) is 0 Å². The van der Waals surface area contributed by atoms with Crippen LogP contribution in [0.15, 0.2) is 24.5 Å². The molecule has 1 aliphatic carbocycles. The van der Waals surface area contributed by atoms with Crippen molar-refractivity contribution >= 4 is 28.5 Å². The predicted octanol–water partition coefficient (Wildman–Crippen LogP) is 2.56. The molecule has 2 fully saturated rings. The van der Waals surface area contributed by atoms with Crippen LogP contribution in [-0.4, -0.2) is 64.9 Å². The van der Waals surface area contributed by atoms with Gasteiger partial charge in [0.1, 0.15) is 12.1 Å². The Bertz CT molecular complexity index is 1030. The minimum atomic E-state index is -4.47. The number of nitrogens with one attached hydrogen (secondary N) is 3. The Labute approximate surface area is 195 Å². The van der Waals surface area contributed by atoms with Gasteiger partial charge < -0.3 is 16.0 Å². The summed E-state index contributed by atoms with van der Waals surface area (Å²) in [5.41, 5.74) is -0.423. The molecule has 3 N–H and O–H groups in total. The highest BCUT2D eigenvalue weighted by atomic mass is 19.4. The fourth-order valence-corrected chi connectivity index (χ4v) is 4.72. The fourth-order valence-electron chi connectivity index (χ4n) is 4.72. The number of amides is 2. The maximum absolute atomic E-state index is 13.1. The lowest BCUT2D eigenvalue weighted by Crippen LogP contribution is -2.63. The van der Waals surface area contributed by atoms with Gasteiger partial charge in [-0.25, -0.2) is 9.97 Å². The summed E-state index contributed by atoms with van der Waals surface area (Å²) in [6.45, 7) is 3.77. The van der Waals surface area contributed by atoms with Crippen LogP contribution >= 0.6 is 0 Å². The van der Waals surface area contributed by atoms with Crippen LogP contribution in [0.2, 0.25) is 0 Å². The zero-order chi connectivity index (χ0) is 24.3. The van der Waals surface area contributed by atoms with Crippen LogP contribution in [0.3, 0.4) is 0 Å². The molecule has 4 rings (SSSR count). The highest BCUT2D eigenvalue weighted by molar-refractivity contribution is 5.91. The number of hydrogen-bond acceptors (Lipinski definition) is 6. The van der Waals surface area contributed by atoms with Crippen molar-refractivity contribution in [3.05, 3.63) is 30.1 Å². The van der Waals surface area contributed by atoms with E-state index in [0.717, 1.165) is 57.5 Å². The van der Waals surface area contributed by atoms with Gasteiger partial charge in [-0.05, 0) is 49.8 Å². The number of fused-ring (bicyclic) bond motifs is 1. The van der Waals surface area contributed by atoms with Crippen LogP contribution in [0, 0.1) is 5.92 Å². The van der Waals surface area contributed by atoms with Crippen molar-refractivity contribution in [2.24, 2.45) is 5.92 Å². The molecule has 1 saturated heterocycles. The van der Waals surface area contributed by atoms with Gasteiger partial charge in [-0.2, -0.15) is 13.2 Å². The Hall–Kier alpha value is -2.95. The minimum absolute atomic E-state index is 0.0110. The van der Waals surface area contributed by atoms with Gasteiger partial charge in [0.05, 0.1) is 23.7 Å². The van der Waals surface area contributed by atoms with E-state index in [1.807, 2.05) is 0 Å². The molecular weight excluding hydrogens is 449 g/mol. The molecule has 2 aliphatic rings. The van der Waals surface area contributed by atoms with Crippen molar-refractivity contribution in [1.82, 2.24) is 25.5 Å². The lowest BCUT2D eigenvalue weighted by molar-refractivity contribution is -0.137. The van der Waals surface area contributed by atoms with E-state index >= 15 is 0 Å². The van der Waals surface area contributed by atoms with Crippen molar-refractivity contribution < 1.29 is 22.8 Å². The number of halogens is 3. The molecule has 1 aromatic carbocycles. The van der Waals surface area contributed by atoms with E-state index in [1.54, 1.807) is 0 Å². The monoisotopic (exact) mass is 478 g/mol. The topological polar surface area (TPSA) is 99.2 Å². The third kappa shape index (κ3) is 5.94. The van der Waals surface area contributed by atoms with Crippen LogP contribution < -0.4 is 16.0 Å². The Morgan fingerprint density at radius 1 is 1.12 bits per heavy atom. The molecule has 1 aliphatic heterocycles. The van der Waals surface area contributed by atoms with Crippen molar-refractivity contribution in [3.63, 3.8) is 0 Å². The zero-order valence-corrected chi connectivity index (χ0v) is 19.0. The molecule has 184 valence electrons. The van der Waals surface area contributed by atoms with Crippen molar-refractivity contribution in [2.75, 3.05) is 31.5 Å². The number of carbonyl (C=O) groups is 2. The summed E-state index contributed by atoms with van der Waals surface area (Å²) in [5, 5.41) is 8.92. The first kappa shape index (κ1) is 24.2. The molecule has 1 saturated carbocycles. The van der Waals surface area contributed by atoms with Gasteiger partial charge in [0, 0.05) is 38.0 Å². The number of nitrogens with zero attached hydrogens (tertiary/aromatic N) is 3. The molecule has 34 heavy (non-hydrogen) atoms. The Morgan fingerprint density at radius 2 is 1.85 bits per heavy atom. The number of rotatable bonds is 7. The molecule has 2 aromatic rings. The fraction of sp³-hybridized carbons (Fsp3) is 0.565. The van der Waals surface area contributed by atoms with E-state index in [0.29, 0.717) is 17.5 Å². The first-order valence-corrected chi connectivity index (χ1v) is 11.5. The van der Waals surface area contributed by atoms with E-state index < -0.39 is 11.7 Å². The molecule has 0 radical (unpaired) electrons. The van der Waals surface area contributed by atoms with Crippen LogP contribution in [0.1, 0.15) is 38.2 Å². The number of anilines is 1. The SMILES string of the molecule is CC(=O)NCC1CCC(N2CC(NC(=O)CNc3ncnc4ccc(C(F)(F)F)cc34)C2)CC1. The maximum atomic E-state index is 13.1. The van der Waals surface area contributed by atoms with E-state index in [-0.39, 0.29) is 35.6 Å². The van der Waals surface area contributed by atoms with Gasteiger partial charge in [0.15, 0.2) is 0 Å². The average Bonchev–Trinajstić information content (AvgIpc) is 2.78. The molecule has 11 heteroatoms. The second-order valence-corrected chi connectivity index (χ2v) is 9.14. The lowest BCUT2D eigenvalue weighted by atomic mass is 9.84.